The number of halogens is 1. The monoisotopic (exact) mass is 279 g/mol. The van der Waals surface area contributed by atoms with Crippen molar-refractivity contribution in [3.8, 4) is 0 Å². The van der Waals surface area contributed by atoms with E-state index in [4.69, 9.17) is 0 Å². The Labute approximate surface area is 119 Å². The van der Waals surface area contributed by atoms with Crippen molar-refractivity contribution in [2.24, 2.45) is 0 Å². The first-order chi connectivity index (χ1) is 9.52. The first-order valence-electron chi connectivity index (χ1n) is 7.19. The van der Waals surface area contributed by atoms with Crippen molar-refractivity contribution in [3.05, 3.63) is 35.6 Å². The van der Waals surface area contributed by atoms with E-state index in [1.54, 1.807) is 6.07 Å². The van der Waals surface area contributed by atoms with Crippen molar-refractivity contribution in [2.75, 3.05) is 7.05 Å². The van der Waals surface area contributed by atoms with E-state index in [0.717, 1.165) is 31.2 Å². The van der Waals surface area contributed by atoms with Crippen molar-refractivity contribution < 1.29 is 14.3 Å². The molecule has 1 aromatic carbocycles. The molecule has 0 saturated heterocycles. The van der Waals surface area contributed by atoms with Gasteiger partial charge in [0.2, 0.25) is 0 Å². The second kappa shape index (κ2) is 6.35. The second-order valence-corrected chi connectivity index (χ2v) is 5.84. The highest BCUT2D eigenvalue weighted by Gasteiger charge is 2.37. The summed E-state index contributed by atoms with van der Waals surface area (Å²) in [5.74, 6) is -0.996. The summed E-state index contributed by atoms with van der Waals surface area (Å²) in [6.07, 6.45) is 5.30. The van der Waals surface area contributed by atoms with Crippen molar-refractivity contribution in [2.45, 2.75) is 50.6 Å². The van der Waals surface area contributed by atoms with Crippen molar-refractivity contribution in [1.82, 2.24) is 4.90 Å². The van der Waals surface area contributed by atoms with Crippen LogP contribution in [0.4, 0.5) is 4.39 Å². The molecule has 0 unspecified atom stereocenters. The maximum Gasteiger partial charge on any atom is 0.305 e. The lowest BCUT2D eigenvalue weighted by atomic mass is 9.78. The van der Waals surface area contributed by atoms with Gasteiger partial charge in [-0.2, -0.15) is 0 Å². The normalized spacial score (nSPS) is 18.1. The molecule has 0 heterocycles. The van der Waals surface area contributed by atoms with Crippen LogP contribution in [0, 0.1) is 5.82 Å². The Bertz CT molecular complexity index is 469. The smallest absolute Gasteiger partial charge is 0.305 e. The average Bonchev–Trinajstić information content (AvgIpc) is 2.39. The fourth-order valence-corrected chi connectivity index (χ4v) is 3.26. The molecule has 20 heavy (non-hydrogen) atoms. The van der Waals surface area contributed by atoms with Crippen molar-refractivity contribution >= 4 is 5.97 Å². The van der Waals surface area contributed by atoms with E-state index in [1.807, 2.05) is 13.1 Å². The maximum atomic E-state index is 13.3. The molecule has 0 bridgehead atoms. The molecule has 1 aliphatic carbocycles. The van der Waals surface area contributed by atoms with E-state index in [-0.39, 0.29) is 17.8 Å². The standard InChI is InChI=1S/C16H22FNO2/c1-18(12-13-6-5-7-14(17)10-13)16(11-15(19)20)8-3-2-4-9-16/h5-7,10H,2-4,8-9,11-12H2,1H3,(H,19,20). The minimum Gasteiger partial charge on any atom is -0.481 e. The number of hydrogen-bond acceptors (Lipinski definition) is 2. The highest BCUT2D eigenvalue weighted by molar-refractivity contribution is 5.68. The fraction of sp³-hybridized carbons (Fsp3) is 0.562. The Morgan fingerprint density at radius 3 is 2.65 bits per heavy atom. The van der Waals surface area contributed by atoms with Gasteiger partial charge in [0.1, 0.15) is 5.82 Å². The predicted octanol–water partition coefficient (Wildman–Crippen LogP) is 3.44. The number of aliphatic carboxylic acids is 1. The first kappa shape index (κ1) is 15.0. The molecule has 1 fully saturated rings. The average molecular weight is 279 g/mol. The van der Waals surface area contributed by atoms with E-state index < -0.39 is 5.97 Å². The van der Waals surface area contributed by atoms with Crippen LogP contribution in [0.3, 0.4) is 0 Å². The summed E-state index contributed by atoms with van der Waals surface area (Å²) in [6, 6.07) is 6.53. The number of hydrogen-bond donors (Lipinski definition) is 1. The van der Waals surface area contributed by atoms with Gasteiger partial charge in [-0.25, -0.2) is 4.39 Å². The zero-order chi connectivity index (χ0) is 14.6. The van der Waals surface area contributed by atoms with Gasteiger partial charge in [-0.3, -0.25) is 9.69 Å². The number of benzene rings is 1. The van der Waals surface area contributed by atoms with E-state index in [9.17, 15) is 14.3 Å². The summed E-state index contributed by atoms with van der Waals surface area (Å²) in [4.78, 5) is 13.3. The van der Waals surface area contributed by atoms with Gasteiger partial charge in [0.05, 0.1) is 6.42 Å². The van der Waals surface area contributed by atoms with Crippen LogP contribution in [-0.2, 0) is 11.3 Å². The van der Waals surface area contributed by atoms with Crippen LogP contribution in [0.1, 0.15) is 44.1 Å². The van der Waals surface area contributed by atoms with Crippen LogP contribution in [0.25, 0.3) is 0 Å². The molecule has 3 nitrogen and oxygen atoms in total. The van der Waals surface area contributed by atoms with E-state index in [2.05, 4.69) is 4.90 Å². The zero-order valence-electron chi connectivity index (χ0n) is 11.9. The number of carboxylic acids is 1. The summed E-state index contributed by atoms with van der Waals surface area (Å²) in [7, 11) is 1.96. The molecular weight excluding hydrogens is 257 g/mol. The van der Waals surface area contributed by atoms with Gasteiger partial charge in [-0.05, 0) is 37.6 Å². The topological polar surface area (TPSA) is 40.5 Å². The maximum absolute atomic E-state index is 13.3. The SMILES string of the molecule is CN(Cc1cccc(F)c1)C1(CC(=O)O)CCCCC1. The summed E-state index contributed by atoms with van der Waals surface area (Å²) in [5.41, 5.74) is 0.610. The van der Waals surface area contributed by atoms with Gasteiger partial charge in [0.15, 0.2) is 0 Å². The Morgan fingerprint density at radius 2 is 2.05 bits per heavy atom. The molecule has 1 saturated carbocycles. The minimum absolute atomic E-state index is 0.165. The van der Waals surface area contributed by atoms with Gasteiger partial charge >= 0.3 is 5.97 Å². The molecule has 4 heteroatoms. The molecule has 0 spiro atoms. The molecule has 0 amide bonds. The van der Waals surface area contributed by atoms with Crippen molar-refractivity contribution in [3.63, 3.8) is 0 Å². The third-order valence-corrected chi connectivity index (χ3v) is 4.38. The molecule has 0 atom stereocenters. The summed E-state index contributed by atoms with van der Waals surface area (Å²) in [5, 5.41) is 9.20. The summed E-state index contributed by atoms with van der Waals surface area (Å²) < 4.78 is 13.3. The predicted molar refractivity (Wildman–Crippen MR) is 75.9 cm³/mol. The van der Waals surface area contributed by atoms with Gasteiger partial charge < -0.3 is 5.11 Å². The highest BCUT2D eigenvalue weighted by Crippen LogP contribution is 2.36. The molecule has 2 rings (SSSR count). The van der Waals surface area contributed by atoms with Gasteiger partial charge in [-0.1, -0.05) is 31.4 Å². The summed E-state index contributed by atoms with van der Waals surface area (Å²) in [6.45, 7) is 0.588. The van der Waals surface area contributed by atoms with E-state index >= 15 is 0 Å². The van der Waals surface area contributed by atoms with Gasteiger partial charge in [0.25, 0.3) is 0 Å². The number of carbonyl (C=O) groups is 1. The Balaban J connectivity index is 2.13. The van der Waals surface area contributed by atoms with Crippen LogP contribution in [-0.4, -0.2) is 28.6 Å². The molecule has 0 aromatic heterocycles. The van der Waals surface area contributed by atoms with Crippen LogP contribution in [0.15, 0.2) is 24.3 Å². The molecule has 0 aliphatic heterocycles. The largest absolute Gasteiger partial charge is 0.481 e. The molecular formula is C16H22FNO2. The Hall–Kier alpha value is -1.42. The number of rotatable bonds is 5. The third-order valence-electron chi connectivity index (χ3n) is 4.38. The van der Waals surface area contributed by atoms with Crippen LogP contribution in [0.2, 0.25) is 0 Å². The molecule has 0 radical (unpaired) electrons. The second-order valence-electron chi connectivity index (χ2n) is 5.84. The number of carboxylic acid groups (broad SMARTS) is 1. The van der Waals surface area contributed by atoms with E-state index in [1.165, 1.54) is 18.6 Å². The van der Waals surface area contributed by atoms with Crippen LogP contribution < -0.4 is 0 Å². The fourth-order valence-electron chi connectivity index (χ4n) is 3.26. The molecule has 1 aliphatic rings. The highest BCUT2D eigenvalue weighted by atomic mass is 19.1. The molecule has 1 aromatic rings. The van der Waals surface area contributed by atoms with Crippen LogP contribution >= 0.6 is 0 Å². The molecule has 1 N–H and O–H groups in total. The lowest BCUT2D eigenvalue weighted by molar-refractivity contribution is -0.141. The van der Waals surface area contributed by atoms with Crippen LogP contribution in [0.5, 0.6) is 0 Å². The van der Waals surface area contributed by atoms with Crippen molar-refractivity contribution in [1.29, 1.82) is 0 Å². The zero-order valence-corrected chi connectivity index (χ0v) is 11.9. The van der Waals surface area contributed by atoms with Gasteiger partial charge in [0, 0.05) is 12.1 Å². The lowest BCUT2D eigenvalue weighted by Crippen LogP contribution is -2.49. The molecule has 110 valence electrons. The van der Waals surface area contributed by atoms with Gasteiger partial charge in [-0.15, -0.1) is 0 Å². The quantitative estimate of drug-likeness (QED) is 0.897. The van der Waals surface area contributed by atoms with E-state index in [0.29, 0.717) is 6.54 Å². The minimum atomic E-state index is -0.752. The Kier molecular flexibility index (Phi) is 4.76. The Morgan fingerprint density at radius 1 is 1.35 bits per heavy atom. The lowest BCUT2D eigenvalue weighted by Gasteiger charge is -2.44. The number of nitrogens with zero attached hydrogens (tertiary/aromatic N) is 1. The third kappa shape index (κ3) is 3.57. The summed E-state index contributed by atoms with van der Waals surface area (Å²) >= 11 is 0. The first-order valence-corrected chi connectivity index (χ1v) is 7.19.